The first-order valence-electron chi connectivity index (χ1n) is 7.65. The van der Waals surface area contributed by atoms with E-state index < -0.39 is 0 Å². The molecule has 1 N–H and O–H groups in total. The van der Waals surface area contributed by atoms with Crippen LogP contribution in [-0.2, 0) is 6.54 Å². The second kappa shape index (κ2) is 5.25. The van der Waals surface area contributed by atoms with E-state index in [0.29, 0.717) is 6.04 Å². The average Bonchev–Trinajstić information content (AvgIpc) is 2.93. The highest BCUT2D eigenvalue weighted by atomic mass is 15.3. The van der Waals surface area contributed by atoms with Gasteiger partial charge in [-0.25, -0.2) is 0 Å². The van der Waals surface area contributed by atoms with Gasteiger partial charge in [0.05, 0.1) is 11.7 Å². The predicted molar refractivity (Wildman–Crippen MR) is 77.0 cm³/mol. The van der Waals surface area contributed by atoms with Crippen LogP contribution < -0.4 is 5.32 Å². The Morgan fingerprint density at radius 1 is 1.37 bits per heavy atom. The molecule has 0 aliphatic carbocycles. The molecule has 3 rings (SSSR count). The molecule has 2 aliphatic heterocycles. The maximum Gasteiger partial charge on any atom is 0.0556 e. The number of aryl methyl sites for hydroxylation is 1. The molecule has 3 heterocycles. The van der Waals surface area contributed by atoms with Gasteiger partial charge in [-0.2, -0.15) is 5.10 Å². The smallest absolute Gasteiger partial charge is 0.0556 e. The highest BCUT2D eigenvalue weighted by Gasteiger charge is 2.41. The van der Waals surface area contributed by atoms with Crippen LogP contribution in [0.2, 0.25) is 0 Å². The van der Waals surface area contributed by atoms with Gasteiger partial charge < -0.3 is 10.2 Å². The molecule has 4 heteroatoms. The highest BCUT2D eigenvalue weighted by molar-refractivity contribution is 5.11. The molecular formula is C15H26N4. The predicted octanol–water partition coefficient (Wildman–Crippen LogP) is 2.04. The number of piperidine rings is 1. The van der Waals surface area contributed by atoms with Crippen LogP contribution in [0.25, 0.3) is 0 Å². The minimum Gasteiger partial charge on any atom is -0.311 e. The van der Waals surface area contributed by atoms with E-state index in [9.17, 15) is 0 Å². The molecule has 0 spiro atoms. The summed E-state index contributed by atoms with van der Waals surface area (Å²) in [7, 11) is 4.40. The highest BCUT2D eigenvalue weighted by Crippen LogP contribution is 2.42. The fourth-order valence-corrected chi connectivity index (χ4v) is 4.22. The zero-order valence-electron chi connectivity index (χ0n) is 12.3. The molecular weight excluding hydrogens is 236 g/mol. The summed E-state index contributed by atoms with van der Waals surface area (Å²) in [6.45, 7) is 3.13. The Labute approximate surface area is 116 Å². The summed E-state index contributed by atoms with van der Waals surface area (Å²) in [5, 5.41) is 7.99. The van der Waals surface area contributed by atoms with Crippen molar-refractivity contribution in [2.24, 2.45) is 5.92 Å². The Balaban J connectivity index is 1.80. The number of aromatic nitrogens is 2. The van der Waals surface area contributed by atoms with Crippen molar-refractivity contribution < 1.29 is 0 Å². The first-order chi connectivity index (χ1) is 9.24. The summed E-state index contributed by atoms with van der Waals surface area (Å²) < 4.78 is 2.14. The molecule has 3 atom stereocenters. The SMILES string of the molecule is CCn1nccc1C(NC)C1CC2CCC(C1)N2C. The summed E-state index contributed by atoms with van der Waals surface area (Å²) in [6, 6.07) is 4.25. The second-order valence-corrected chi connectivity index (χ2v) is 6.12. The third-order valence-electron chi connectivity index (χ3n) is 5.28. The van der Waals surface area contributed by atoms with Gasteiger partial charge in [0.2, 0.25) is 0 Å². The molecule has 0 aromatic carbocycles. The van der Waals surface area contributed by atoms with E-state index in [0.717, 1.165) is 24.5 Å². The van der Waals surface area contributed by atoms with Gasteiger partial charge in [-0.05, 0) is 58.7 Å². The molecule has 1 aromatic rings. The second-order valence-electron chi connectivity index (χ2n) is 6.12. The van der Waals surface area contributed by atoms with E-state index in [1.54, 1.807) is 0 Å². The Hall–Kier alpha value is -0.870. The summed E-state index contributed by atoms with van der Waals surface area (Å²) in [5.41, 5.74) is 1.36. The molecule has 106 valence electrons. The van der Waals surface area contributed by atoms with Crippen LogP contribution >= 0.6 is 0 Å². The molecule has 2 fully saturated rings. The molecule has 19 heavy (non-hydrogen) atoms. The fraction of sp³-hybridized carbons (Fsp3) is 0.800. The van der Waals surface area contributed by atoms with E-state index in [4.69, 9.17) is 0 Å². The van der Waals surface area contributed by atoms with E-state index in [1.165, 1.54) is 31.4 Å². The van der Waals surface area contributed by atoms with Gasteiger partial charge in [-0.1, -0.05) is 0 Å². The summed E-state index contributed by atoms with van der Waals surface area (Å²) in [5.74, 6) is 0.751. The van der Waals surface area contributed by atoms with Crippen molar-refractivity contribution in [3.05, 3.63) is 18.0 Å². The monoisotopic (exact) mass is 262 g/mol. The molecule has 0 amide bonds. The summed E-state index contributed by atoms with van der Waals surface area (Å²) in [6.07, 6.45) is 7.37. The molecule has 0 saturated carbocycles. The van der Waals surface area contributed by atoms with E-state index >= 15 is 0 Å². The van der Waals surface area contributed by atoms with E-state index in [-0.39, 0.29) is 0 Å². The van der Waals surface area contributed by atoms with Crippen molar-refractivity contribution in [2.45, 2.75) is 57.3 Å². The number of nitrogens with zero attached hydrogens (tertiary/aromatic N) is 3. The Morgan fingerprint density at radius 2 is 2.05 bits per heavy atom. The van der Waals surface area contributed by atoms with E-state index in [2.05, 4.69) is 47.1 Å². The minimum atomic E-state index is 0.458. The molecule has 3 unspecified atom stereocenters. The first-order valence-corrected chi connectivity index (χ1v) is 7.65. The third-order valence-corrected chi connectivity index (χ3v) is 5.28. The Kier molecular flexibility index (Phi) is 3.63. The van der Waals surface area contributed by atoms with Crippen LogP contribution in [0, 0.1) is 5.92 Å². The first kappa shape index (κ1) is 13.1. The molecule has 1 aromatic heterocycles. The topological polar surface area (TPSA) is 33.1 Å². The lowest BCUT2D eigenvalue weighted by Crippen LogP contribution is -2.43. The van der Waals surface area contributed by atoms with Crippen LogP contribution in [0.1, 0.15) is 44.3 Å². The number of nitrogens with one attached hydrogen (secondary N) is 1. The zero-order valence-corrected chi connectivity index (χ0v) is 12.3. The van der Waals surface area contributed by atoms with Crippen LogP contribution in [0.4, 0.5) is 0 Å². The van der Waals surface area contributed by atoms with Gasteiger partial charge in [0.25, 0.3) is 0 Å². The largest absolute Gasteiger partial charge is 0.311 e. The molecule has 2 saturated heterocycles. The van der Waals surface area contributed by atoms with Crippen molar-refractivity contribution in [3.8, 4) is 0 Å². The van der Waals surface area contributed by atoms with Gasteiger partial charge in [0, 0.05) is 24.8 Å². The lowest BCUT2D eigenvalue weighted by molar-refractivity contribution is 0.112. The number of hydrogen-bond donors (Lipinski definition) is 1. The van der Waals surface area contributed by atoms with Gasteiger partial charge in [0.1, 0.15) is 0 Å². The molecule has 2 aliphatic rings. The zero-order chi connectivity index (χ0) is 13.4. The minimum absolute atomic E-state index is 0.458. The number of fused-ring (bicyclic) bond motifs is 2. The van der Waals surface area contributed by atoms with Gasteiger partial charge in [-0.15, -0.1) is 0 Å². The van der Waals surface area contributed by atoms with Gasteiger partial charge in [0.15, 0.2) is 0 Å². The lowest BCUT2D eigenvalue weighted by atomic mass is 9.83. The molecule has 2 bridgehead atoms. The molecule has 4 nitrogen and oxygen atoms in total. The third kappa shape index (κ3) is 2.21. The van der Waals surface area contributed by atoms with Crippen LogP contribution in [-0.4, -0.2) is 40.9 Å². The summed E-state index contributed by atoms with van der Waals surface area (Å²) >= 11 is 0. The standard InChI is InChI=1S/C15H26N4/c1-4-19-14(7-8-17-19)15(16-2)11-9-12-5-6-13(10-11)18(12)3/h7-8,11-13,15-16H,4-6,9-10H2,1-3H3. The van der Waals surface area contributed by atoms with Crippen molar-refractivity contribution in [1.29, 1.82) is 0 Å². The number of rotatable bonds is 4. The van der Waals surface area contributed by atoms with Crippen molar-refractivity contribution in [1.82, 2.24) is 20.0 Å². The molecule has 0 radical (unpaired) electrons. The van der Waals surface area contributed by atoms with Crippen molar-refractivity contribution in [2.75, 3.05) is 14.1 Å². The van der Waals surface area contributed by atoms with Crippen LogP contribution in [0.15, 0.2) is 12.3 Å². The van der Waals surface area contributed by atoms with Crippen LogP contribution in [0.5, 0.6) is 0 Å². The fourth-order valence-electron chi connectivity index (χ4n) is 4.22. The Bertz CT molecular complexity index is 414. The lowest BCUT2D eigenvalue weighted by Gasteiger charge is -2.39. The van der Waals surface area contributed by atoms with Crippen molar-refractivity contribution >= 4 is 0 Å². The van der Waals surface area contributed by atoms with Gasteiger partial charge >= 0.3 is 0 Å². The Morgan fingerprint density at radius 3 is 2.63 bits per heavy atom. The normalized spacial score (nSPS) is 32.7. The van der Waals surface area contributed by atoms with Crippen LogP contribution in [0.3, 0.4) is 0 Å². The summed E-state index contributed by atoms with van der Waals surface area (Å²) in [4.78, 5) is 2.61. The van der Waals surface area contributed by atoms with Crippen molar-refractivity contribution in [3.63, 3.8) is 0 Å². The van der Waals surface area contributed by atoms with Gasteiger partial charge in [-0.3, -0.25) is 4.68 Å². The van der Waals surface area contributed by atoms with E-state index in [1.807, 2.05) is 6.20 Å². The number of hydrogen-bond acceptors (Lipinski definition) is 3. The average molecular weight is 262 g/mol. The maximum atomic E-state index is 4.43. The quantitative estimate of drug-likeness (QED) is 0.901. The maximum absolute atomic E-state index is 4.43.